The van der Waals surface area contributed by atoms with E-state index >= 15 is 0 Å². The highest BCUT2D eigenvalue weighted by Gasteiger charge is 2.13. The van der Waals surface area contributed by atoms with Gasteiger partial charge in [0.15, 0.2) is 0 Å². The van der Waals surface area contributed by atoms with Crippen molar-refractivity contribution in [1.29, 1.82) is 0 Å². The van der Waals surface area contributed by atoms with Crippen LogP contribution in [0.4, 0.5) is 0 Å². The SMILES string of the molecule is NC(Cc1cnc[nH]1)C(=O)NCCO. The molecule has 1 aromatic heterocycles. The normalized spacial score (nSPS) is 12.4. The van der Waals surface area contributed by atoms with E-state index in [1.165, 1.54) is 6.33 Å². The number of H-pyrrole nitrogens is 1. The standard InChI is InChI=1S/C8H14N4O2/c9-7(8(14)11-1-2-13)3-6-4-10-5-12-6/h4-5,7,13H,1-3,9H2,(H,10,12)(H,11,14). The molecular weight excluding hydrogens is 184 g/mol. The maximum atomic E-state index is 11.2. The first-order chi connectivity index (χ1) is 6.74. The van der Waals surface area contributed by atoms with Gasteiger partial charge in [-0.05, 0) is 0 Å². The molecule has 1 aromatic rings. The van der Waals surface area contributed by atoms with Crippen molar-refractivity contribution in [3.8, 4) is 0 Å². The fourth-order valence-electron chi connectivity index (χ4n) is 1.04. The van der Waals surface area contributed by atoms with Crippen molar-refractivity contribution < 1.29 is 9.90 Å². The molecule has 78 valence electrons. The summed E-state index contributed by atoms with van der Waals surface area (Å²) in [7, 11) is 0. The number of nitrogens with one attached hydrogen (secondary N) is 2. The molecule has 6 heteroatoms. The van der Waals surface area contributed by atoms with E-state index in [0.29, 0.717) is 6.42 Å². The van der Waals surface area contributed by atoms with Gasteiger partial charge in [-0.2, -0.15) is 0 Å². The third-order valence-electron chi connectivity index (χ3n) is 1.74. The quantitative estimate of drug-likeness (QED) is 0.457. The molecule has 1 atom stereocenters. The topological polar surface area (TPSA) is 104 Å². The van der Waals surface area contributed by atoms with Crippen LogP contribution in [0.15, 0.2) is 12.5 Å². The predicted octanol–water partition coefficient (Wildman–Crippen LogP) is -1.61. The molecule has 1 rings (SSSR count). The van der Waals surface area contributed by atoms with Crippen molar-refractivity contribution >= 4 is 5.91 Å². The number of carbonyl (C=O) groups is 1. The number of hydrogen-bond acceptors (Lipinski definition) is 4. The van der Waals surface area contributed by atoms with Gasteiger partial charge in [0.05, 0.1) is 19.0 Å². The highest BCUT2D eigenvalue weighted by molar-refractivity contribution is 5.81. The molecule has 0 saturated heterocycles. The fraction of sp³-hybridized carbons (Fsp3) is 0.500. The smallest absolute Gasteiger partial charge is 0.237 e. The third-order valence-corrected chi connectivity index (χ3v) is 1.74. The van der Waals surface area contributed by atoms with Gasteiger partial charge >= 0.3 is 0 Å². The average molecular weight is 198 g/mol. The molecule has 0 aliphatic rings. The van der Waals surface area contributed by atoms with Crippen molar-refractivity contribution in [1.82, 2.24) is 15.3 Å². The highest BCUT2D eigenvalue weighted by atomic mass is 16.3. The minimum atomic E-state index is -0.609. The number of aromatic nitrogens is 2. The number of hydrogen-bond donors (Lipinski definition) is 4. The van der Waals surface area contributed by atoms with Gasteiger partial charge in [-0.3, -0.25) is 4.79 Å². The lowest BCUT2D eigenvalue weighted by Gasteiger charge is -2.09. The number of nitrogens with two attached hydrogens (primary N) is 1. The maximum Gasteiger partial charge on any atom is 0.237 e. The van der Waals surface area contributed by atoms with Crippen LogP contribution in [0.25, 0.3) is 0 Å². The molecule has 1 heterocycles. The minimum Gasteiger partial charge on any atom is -0.395 e. The van der Waals surface area contributed by atoms with Crippen LogP contribution in [-0.2, 0) is 11.2 Å². The first-order valence-corrected chi connectivity index (χ1v) is 4.35. The summed E-state index contributed by atoms with van der Waals surface area (Å²) in [6, 6.07) is -0.609. The third kappa shape index (κ3) is 3.15. The van der Waals surface area contributed by atoms with Crippen molar-refractivity contribution in [2.45, 2.75) is 12.5 Å². The molecule has 5 N–H and O–H groups in total. The van der Waals surface area contributed by atoms with Gasteiger partial charge in [0.25, 0.3) is 0 Å². The molecule has 0 radical (unpaired) electrons. The Morgan fingerprint density at radius 1 is 1.79 bits per heavy atom. The van der Waals surface area contributed by atoms with Crippen molar-refractivity contribution in [3.05, 3.63) is 18.2 Å². The van der Waals surface area contributed by atoms with E-state index in [4.69, 9.17) is 10.8 Å². The molecule has 0 bridgehead atoms. The van der Waals surface area contributed by atoms with Gasteiger partial charge in [0.1, 0.15) is 0 Å². The van der Waals surface area contributed by atoms with Gasteiger partial charge < -0.3 is 21.1 Å². The number of aliphatic hydroxyl groups is 1. The summed E-state index contributed by atoms with van der Waals surface area (Å²) in [5.74, 6) is -0.270. The van der Waals surface area contributed by atoms with Crippen molar-refractivity contribution in [2.75, 3.05) is 13.2 Å². The molecular formula is C8H14N4O2. The molecule has 0 aliphatic heterocycles. The number of amides is 1. The van der Waals surface area contributed by atoms with Crippen LogP contribution in [0.5, 0.6) is 0 Å². The zero-order chi connectivity index (χ0) is 10.4. The molecule has 1 unspecified atom stereocenters. The monoisotopic (exact) mass is 198 g/mol. The molecule has 14 heavy (non-hydrogen) atoms. The predicted molar refractivity (Wildman–Crippen MR) is 50.4 cm³/mol. The Hall–Kier alpha value is -1.40. The fourth-order valence-corrected chi connectivity index (χ4v) is 1.04. The van der Waals surface area contributed by atoms with E-state index in [9.17, 15) is 4.79 Å². The van der Waals surface area contributed by atoms with Gasteiger partial charge in [-0.15, -0.1) is 0 Å². The van der Waals surface area contributed by atoms with Crippen LogP contribution in [0, 0.1) is 0 Å². The zero-order valence-corrected chi connectivity index (χ0v) is 7.73. The molecule has 0 aromatic carbocycles. The molecule has 0 fully saturated rings. The molecule has 6 nitrogen and oxygen atoms in total. The second-order valence-corrected chi connectivity index (χ2v) is 2.90. The second kappa shape index (κ2) is 5.36. The maximum absolute atomic E-state index is 11.2. The summed E-state index contributed by atoms with van der Waals surface area (Å²) < 4.78 is 0. The Morgan fingerprint density at radius 2 is 2.57 bits per heavy atom. The first kappa shape index (κ1) is 10.7. The Bertz CT molecular complexity index is 273. The molecule has 0 spiro atoms. The summed E-state index contributed by atoms with van der Waals surface area (Å²) in [4.78, 5) is 17.9. The van der Waals surface area contributed by atoms with Crippen molar-refractivity contribution in [2.24, 2.45) is 5.73 Å². The molecule has 0 aliphatic carbocycles. The molecule has 0 saturated carbocycles. The van der Waals surface area contributed by atoms with Crippen molar-refractivity contribution in [3.63, 3.8) is 0 Å². The van der Waals surface area contributed by atoms with E-state index in [2.05, 4.69) is 15.3 Å². The average Bonchev–Trinajstić information content (AvgIpc) is 2.66. The number of nitrogens with zero attached hydrogens (tertiary/aromatic N) is 1. The Labute approximate surface area is 81.5 Å². The summed E-state index contributed by atoms with van der Waals surface area (Å²) in [6.07, 6.45) is 3.57. The highest BCUT2D eigenvalue weighted by Crippen LogP contribution is 1.95. The van der Waals surface area contributed by atoms with Gasteiger partial charge in [0, 0.05) is 24.9 Å². The number of imidazole rings is 1. The van der Waals surface area contributed by atoms with Crippen LogP contribution in [0.3, 0.4) is 0 Å². The van der Waals surface area contributed by atoms with Crippen LogP contribution >= 0.6 is 0 Å². The summed E-state index contributed by atoms with van der Waals surface area (Å²) in [5, 5.41) is 11.0. The number of carbonyl (C=O) groups excluding carboxylic acids is 1. The summed E-state index contributed by atoms with van der Waals surface area (Å²) in [6.45, 7) is 0.151. The van der Waals surface area contributed by atoms with E-state index in [0.717, 1.165) is 5.69 Å². The summed E-state index contributed by atoms with van der Waals surface area (Å²) >= 11 is 0. The van der Waals surface area contributed by atoms with E-state index in [1.807, 2.05) is 0 Å². The number of aliphatic hydroxyl groups excluding tert-OH is 1. The Balaban J connectivity index is 2.34. The first-order valence-electron chi connectivity index (χ1n) is 4.35. The van der Waals surface area contributed by atoms with E-state index < -0.39 is 6.04 Å². The largest absolute Gasteiger partial charge is 0.395 e. The van der Waals surface area contributed by atoms with Gasteiger partial charge in [0.2, 0.25) is 5.91 Å². The van der Waals surface area contributed by atoms with Crippen LogP contribution < -0.4 is 11.1 Å². The van der Waals surface area contributed by atoms with E-state index in [-0.39, 0.29) is 19.1 Å². The van der Waals surface area contributed by atoms with E-state index in [1.54, 1.807) is 6.20 Å². The lowest BCUT2D eigenvalue weighted by Crippen LogP contribution is -2.43. The number of rotatable bonds is 5. The van der Waals surface area contributed by atoms with Crippen LogP contribution in [0.1, 0.15) is 5.69 Å². The lowest BCUT2D eigenvalue weighted by atomic mass is 10.1. The number of aromatic amines is 1. The summed E-state index contributed by atoms with van der Waals surface area (Å²) in [5.41, 5.74) is 6.42. The Morgan fingerprint density at radius 3 is 3.14 bits per heavy atom. The van der Waals surface area contributed by atoms with Crippen LogP contribution in [-0.4, -0.2) is 40.2 Å². The zero-order valence-electron chi connectivity index (χ0n) is 7.73. The minimum absolute atomic E-state index is 0.0808. The van der Waals surface area contributed by atoms with Gasteiger partial charge in [-0.1, -0.05) is 0 Å². The molecule has 1 amide bonds. The second-order valence-electron chi connectivity index (χ2n) is 2.90. The lowest BCUT2D eigenvalue weighted by molar-refractivity contribution is -0.122. The Kier molecular flexibility index (Phi) is 4.09. The van der Waals surface area contributed by atoms with Gasteiger partial charge in [-0.25, -0.2) is 4.98 Å². The van der Waals surface area contributed by atoms with Crippen LogP contribution in [0.2, 0.25) is 0 Å².